The molecule has 0 saturated heterocycles. The van der Waals surface area contributed by atoms with Gasteiger partial charge in [0, 0.05) is 12.3 Å². The van der Waals surface area contributed by atoms with Crippen molar-refractivity contribution >= 4 is 5.71 Å². The molecule has 1 N–H and O–H groups in total. The van der Waals surface area contributed by atoms with Gasteiger partial charge in [0.15, 0.2) is 5.82 Å². The van der Waals surface area contributed by atoms with Crippen LogP contribution in [0.3, 0.4) is 0 Å². The SMILES string of the molecule is C/C(=N\OCc1ccccc1)c1nccc(=O)[nH]1. The minimum atomic E-state index is -0.211. The summed E-state index contributed by atoms with van der Waals surface area (Å²) in [5.74, 6) is 0.413. The smallest absolute Gasteiger partial charge is 0.251 e. The van der Waals surface area contributed by atoms with Gasteiger partial charge in [0.25, 0.3) is 5.56 Å². The van der Waals surface area contributed by atoms with Crippen molar-refractivity contribution in [2.24, 2.45) is 5.16 Å². The van der Waals surface area contributed by atoms with Gasteiger partial charge in [-0.2, -0.15) is 0 Å². The summed E-state index contributed by atoms with van der Waals surface area (Å²) in [4.78, 5) is 22.9. The van der Waals surface area contributed by atoms with E-state index in [2.05, 4.69) is 15.1 Å². The number of H-pyrrole nitrogens is 1. The van der Waals surface area contributed by atoms with Crippen LogP contribution in [0.5, 0.6) is 0 Å². The zero-order chi connectivity index (χ0) is 12.8. The van der Waals surface area contributed by atoms with E-state index >= 15 is 0 Å². The Morgan fingerprint density at radius 2 is 2.11 bits per heavy atom. The highest BCUT2D eigenvalue weighted by atomic mass is 16.6. The lowest BCUT2D eigenvalue weighted by atomic mass is 10.2. The molecule has 0 bridgehead atoms. The molecule has 1 aromatic carbocycles. The summed E-state index contributed by atoms with van der Waals surface area (Å²) in [6.07, 6.45) is 1.43. The Balaban J connectivity index is 1.99. The van der Waals surface area contributed by atoms with E-state index in [-0.39, 0.29) is 5.56 Å². The van der Waals surface area contributed by atoms with Crippen LogP contribution < -0.4 is 5.56 Å². The normalized spacial score (nSPS) is 11.3. The number of nitrogens with zero attached hydrogens (tertiary/aromatic N) is 2. The molecular weight excluding hydrogens is 230 g/mol. The summed E-state index contributed by atoms with van der Waals surface area (Å²) in [6.45, 7) is 2.11. The molecule has 18 heavy (non-hydrogen) atoms. The van der Waals surface area contributed by atoms with Crippen molar-refractivity contribution in [2.45, 2.75) is 13.5 Å². The molecule has 5 nitrogen and oxygen atoms in total. The lowest BCUT2D eigenvalue weighted by Crippen LogP contribution is -2.12. The van der Waals surface area contributed by atoms with Crippen molar-refractivity contribution in [3.05, 3.63) is 64.3 Å². The first kappa shape index (κ1) is 12.0. The van der Waals surface area contributed by atoms with E-state index in [9.17, 15) is 4.79 Å². The van der Waals surface area contributed by atoms with E-state index in [0.29, 0.717) is 18.1 Å². The summed E-state index contributed by atoms with van der Waals surface area (Å²) in [5.41, 5.74) is 1.35. The molecule has 0 unspecified atom stereocenters. The van der Waals surface area contributed by atoms with Gasteiger partial charge < -0.3 is 9.82 Å². The highest BCUT2D eigenvalue weighted by molar-refractivity contribution is 5.94. The summed E-state index contributed by atoms with van der Waals surface area (Å²) in [6, 6.07) is 11.1. The predicted molar refractivity (Wildman–Crippen MR) is 68.3 cm³/mol. The van der Waals surface area contributed by atoms with Crippen molar-refractivity contribution in [3.8, 4) is 0 Å². The molecule has 0 radical (unpaired) electrons. The third-order valence-electron chi connectivity index (χ3n) is 2.29. The van der Waals surface area contributed by atoms with E-state index in [1.54, 1.807) is 6.92 Å². The van der Waals surface area contributed by atoms with Gasteiger partial charge in [0.05, 0.1) is 0 Å². The van der Waals surface area contributed by atoms with Crippen LogP contribution in [-0.2, 0) is 11.4 Å². The van der Waals surface area contributed by atoms with Crippen molar-refractivity contribution in [1.82, 2.24) is 9.97 Å². The number of aromatic nitrogens is 2. The van der Waals surface area contributed by atoms with E-state index in [4.69, 9.17) is 4.84 Å². The van der Waals surface area contributed by atoms with Gasteiger partial charge in [-0.15, -0.1) is 0 Å². The first-order valence-electron chi connectivity index (χ1n) is 5.52. The molecule has 0 aliphatic rings. The molecule has 0 aliphatic carbocycles. The first-order chi connectivity index (χ1) is 8.75. The molecule has 0 amide bonds. The topological polar surface area (TPSA) is 67.3 Å². The van der Waals surface area contributed by atoms with E-state index in [1.807, 2.05) is 30.3 Å². The van der Waals surface area contributed by atoms with Crippen LogP contribution in [0.25, 0.3) is 0 Å². The van der Waals surface area contributed by atoms with Crippen molar-refractivity contribution in [2.75, 3.05) is 0 Å². The van der Waals surface area contributed by atoms with Crippen molar-refractivity contribution in [1.29, 1.82) is 0 Å². The Hall–Kier alpha value is -2.43. The van der Waals surface area contributed by atoms with E-state index in [1.165, 1.54) is 12.3 Å². The minimum absolute atomic E-state index is 0.211. The largest absolute Gasteiger partial charge is 0.391 e. The first-order valence-corrected chi connectivity index (χ1v) is 5.52. The van der Waals surface area contributed by atoms with E-state index in [0.717, 1.165) is 5.56 Å². The Labute approximate surface area is 104 Å². The third-order valence-corrected chi connectivity index (χ3v) is 2.29. The molecule has 0 saturated carbocycles. The van der Waals surface area contributed by atoms with Crippen LogP contribution in [0.4, 0.5) is 0 Å². The molecule has 5 heteroatoms. The van der Waals surface area contributed by atoms with Gasteiger partial charge in [0.2, 0.25) is 0 Å². The predicted octanol–water partition coefficient (Wildman–Crippen LogP) is 1.71. The maximum absolute atomic E-state index is 11.1. The number of benzene rings is 1. The zero-order valence-corrected chi connectivity index (χ0v) is 9.96. The maximum Gasteiger partial charge on any atom is 0.251 e. The number of aromatic amines is 1. The molecule has 1 aromatic heterocycles. The monoisotopic (exact) mass is 243 g/mol. The van der Waals surface area contributed by atoms with Gasteiger partial charge in [0.1, 0.15) is 12.3 Å². The maximum atomic E-state index is 11.1. The summed E-state index contributed by atoms with van der Waals surface area (Å²) in [7, 11) is 0. The standard InChI is InChI=1S/C13H13N3O2/c1-10(13-14-8-7-12(17)15-13)16-18-9-11-5-3-2-4-6-11/h2-8H,9H2,1H3,(H,14,15,17)/b16-10+. The molecule has 1 heterocycles. The Morgan fingerprint density at radius 1 is 1.33 bits per heavy atom. The fourth-order valence-electron chi connectivity index (χ4n) is 1.38. The van der Waals surface area contributed by atoms with Crippen LogP contribution in [0.15, 0.2) is 52.5 Å². The average molecular weight is 243 g/mol. The molecule has 2 rings (SSSR count). The molecular formula is C13H13N3O2. The second-order valence-corrected chi connectivity index (χ2v) is 3.72. The molecule has 92 valence electrons. The summed E-state index contributed by atoms with van der Waals surface area (Å²) < 4.78 is 0. The highest BCUT2D eigenvalue weighted by Crippen LogP contribution is 2.01. The molecule has 0 spiro atoms. The minimum Gasteiger partial charge on any atom is -0.391 e. The fourth-order valence-corrected chi connectivity index (χ4v) is 1.38. The molecule has 0 aliphatic heterocycles. The van der Waals surface area contributed by atoms with Crippen molar-refractivity contribution in [3.63, 3.8) is 0 Å². The van der Waals surface area contributed by atoms with Gasteiger partial charge in [-0.05, 0) is 12.5 Å². The van der Waals surface area contributed by atoms with Gasteiger partial charge in [-0.3, -0.25) is 4.79 Å². The Morgan fingerprint density at radius 3 is 2.83 bits per heavy atom. The summed E-state index contributed by atoms with van der Waals surface area (Å²) in [5, 5.41) is 3.91. The Kier molecular flexibility index (Phi) is 3.86. The van der Waals surface area contributed by atoms with E-state index < -0.39 is 0 Å². The Bertz CT molecular complexity index is 590. The van der Waals surface area contributed by atoms with Crippen LogP contribution in [0, 0.1) is 0 Å². The summed E-state index contributed by atoms with van der Waals surface area (Å²) >= 11 is 0. The van der Waals surface area contributed by atoms with Crippen LogP contribution in [0.2, 0.25) is 0 Å². The molecule has 0 atom stereocenters. The van der Waals surface area contributed by atoms with Crippen LogP contribution >= 0.6 is 0 Å². The number of nitrogens with one attached hydrogen (secondary N) is 1. The lowest BCUT2D eigenvalue weighted by molar-refractivity contribution is 0.130. The van der Waals surface area contributed by atoms with Gasteiger partial charge >= 0.3 is 0 Å². The van der Waals surface area contributed by atoms with Crippen LogP contribution in [-0.4, -0.2) is 15.7 Å². The number of rotatable bonds is 4. The molecule has 0 fully saturated rings. The number of hydrogen-bond acceptors (Lipinski definition) is 4. The average Bonchev–Trinajstić information content (AvgIpc) is 2.40. The second kappa shape index (κ2) is 5.77. The van der Waals surface area contributed by atoms with Gasteiger partial charge in [-0.25, -0.2) is 4.98 Å². The lowest BCUT2D eigenvalue weighted by Gasteiger charge is -2.01. The number of oxime groups is 1. The highest BCUT2D eigenvalue weighted by Gasteiger charge is 2.00. The number of hydrogen-bond donors (Lipinski definition) is 1. The third kappa shape index (κ3) is 3.28. The van der Waals surface area contributed by atoms with Crippen LogP contribution in [0.1, 0.15) is 18.3 Å². The fraction of sp³-hybridized carbons (Fsp3) is 0.154. The van der Waals surface area contributed by atoms with Gasteiger partial charge in [-0.1, -0.05) is 35.5 Å². The second-order valence-electron chi connectivity index (χ2n) is 3.72. The van der Waals surface area contributed by atoms with Crippen molar-refractivity contribution < 1.29 is 4.84 Å². The molecule has 2 aromatic rings. The quantitative estimate of drug-likeness (QED) is 0.656. The zero-order valence-electron chi connectivity index (χ0n) is 9.96.